The summed E-state index contributed by atoms with van der Waals surface area (Å²) in [7, 11) is 0. The topological polar surface area (TPSA) is 29.1 Å². The summed E-state index contributed by atoms with van der Waals surface area (Å²) in [5, 5.41) is 3.56. The molecule has 2 rings (SSSR count). The summed E-state index contributed by atoms with van der Waals surface area (Å²) in [6.07, 6.45) is 2.07. The van der Waals surface area contributed by atoms with E-state index in [0.717, 1.165) is 12.8 Å². The number of rotatable bonds is 2. The van der Waals surface area contributed by atoms with Crippen molar-refractivity contribution in [3.05, 3.63) is 35.9 Å². The highest BCUT2D eigenvalue weighted by molar-refractivity contribution is 8.00. The summed E-state index contributed by atoms with van der Waals surface area (Å²) < 4.78 is 0.214. The van der Waals surface area contributed by atoms with Gasteiger partial charge in [0.25, 0.3) is 0 Å². The first-order chi connectivity index (χ1) is 8.46. The maximum Gasteiger partial charge on any atom is 0.217 e. The van der Waals surface area contributed by atoms with E-state index in [9.17, 15) is 4.79 Å². The van der Waals surface area contributed by atoms with Crippen LogP contribution >= 0.6 is 11.8 Å². The molecule has 2 nitrogen and oxygen atoms in total. The number of benzene rings is 1. The monoisotopic (exact) mass is 263 g/mol. The predicted molar refractivity (Wildman–Crippen MR) is 77.7 cm³/mol. The van der Waals surface area contributed by atoms with E-state index in [1.54, 1.807) is 6.92 Å². The van der Waals surface area contributed by atoms with Gasteiger partial charge >= 0.3 is 0 Å². The highest BCUT2D eigenvalue weighted by Gasteiger charge is 2.35. The number of amides is 1. The van der Waals surface area contributed by atoms with Gasteiger partial charge < -0.3 is 5.32 Å². The van der Waals surface area contributed by atoms with Gasteiger partial charge in [-0.2, -0.15) is 0 Å². The molecular weight excluding hydrogens is 242 g/mol. The van der Waals surface area contributed by atoms with E-state index in [1.807, 2.05) is 17.8 Å². The largest absolute Gasteiger partial charge is 0.354 e. The molecule has 1 aliphatic heterocycles. The van der Waals surface area contributed by atoms with Gasteiger partial charge in [0.1, 0.15) is 0 Å². The Bertz CT molecular complexity index is 416. The molecule has 18 heavy (non-hydrogen) atoms. The molecule has 0 unspecified atom stereocenters. The SMILES string of the molecule is CC(=O)N[C@@H]1C[C@H](c2ccccc2)SC(C)(C)C1. The van der Waals surface area contributed by atoms with Crippen LogP contribution in [0.3, 0.4) is 0 Å². The summed E-state index contributed by atoms with van der Waals surface area (Å²) in [6, 6.07) is 10.9. The standard InChI is InChI=1S/C15H21NOS/c1-11(17)16-13-9-14(18-15(2,3)10-13)12-7-5-4-6-8-12/h4-8,13-14H,9-10H2,1-3H3,(H,16,17)/t13-,14-/m1/s1. The number of hydrogen-bond acceptors (Lipinski definition) is 2. The van der Waals surface area contributed by atoms with Crippen LogP contribution in [0, 0.1) is 0 Å². The van der Waals surface area contributed by atoms with Crippen LogP contribution in [0.2, 0.25) is 0 Å². The number of carbonyl (C=O) groups excluding carboxylic acids is 1. The Morgan fingerprint density at radius 1 is 1.33 bits per heavy atom. The predicted octanol–water partition coefficient (Wildman–Crippen LogP) is 3.54. The molecule has 0 aromatic heterocycles. The molecule has 3 heteroatoms. The third-order valence-corrected chi connectivity index (χ3v) is 4.83. The number of thioether (sulfide) groups is 1. The molecule has 98 valence electrons. The van der Waals surface area contributed by atoms with E-state index >= 15 is 0 Å². The van der Waals surface area contributed by atoms with Gasteiger partial charge in [-0.3, -0.25) is 4.79 Å². The minimum atomic E-state index is 0.0783. The van der Waals surface area contributed by atoms with Gasteiger partial charge in [0.15, 0.2) is 0 Å². The summed E-state index contributed by atoms with van der Waals surface area (Å²) >= 11 is 2.02. The Morgan fingerprint density at radius 3 is 2.61 bits per heavy atom. The van der Waals surface area contributed by atoms with Crippen molar-refractivity contribution in [2.75, 3.05) is 0 Å². The van der Waals surface area contributed by atoms with Gasteiger partial charge in [-0.1, -0.05) is 44.2 Å². The molecule has 1 aromatic carbocycles. The van der Waals surface area contributed by atoms with Gasteiger partial charge in [0.05, 0.1) is 0 Å². The third kappa shape index (κ3) is 3.52. The normalized spacial score (nSPS) is 26.6. The minimum absolute atomic E-state index is 0.0783. The Morgan fingerprint density at radius 2 is 2.00 bits per heavy atom. The van der Waals surface area contributed by atoms with Crippen molar-refractivity contribution in [3.63, 3.8) is 0 Å². The van der Waals surface area contributed by atoms with Crippen LogP contribution in [0.4, 0.5) is 0 Å². The molecule has 1 fully saturated rings. The van der Waals surface area contributed by atoms with E-state index in [-0.39, 0.29) is 10.7 Å². The molecule has 0 radical (unpaired) electrons. The van der Waals surface area contributed by atoms with Crippen LogP contribution in [-0.2, 0) is 4.79 Å². The Hall–Kier alpha value is -0.960. The van der Waals surface area contributed by atoms with Crippen LogP contribution in [-0.4, -0.2) is 16.7 Å². The Labute approximate surface area is 114 Å². The van der Waals surface area contributed by atoms with Crippen LogP contribution in [0.5, 0.6) is 0 Å². The van der Waals surface area contributed by atoms with Gasteiger partial charge in [-0.25, -0.2) is 0 Å². The van der Waals surface area contributed by atoms with E-state index in [2.05, 4.69) is 43.4 Å². The molecule has 0 spiro atoms. The lowest BCUT2D eigenvalue weighted by molar-refractivity contribution is -0.119. The summed E-state index contributed by atoms with van der Waals surface area (Å²) in [5.41, 5.74) is 1.37. The summed E-state index contributed by atoms with van der Waals surface area (Å²) in [6.45, 7) is 6.13. The molecule has 0 saturated carbocycles. The molecule has 1 amide bonds. The fourth-order valence-electron chi connectivity index (χ4n) is 2.69. The van der Waals surface area contributed by atoms with Gasteiger partial charge in [0.2, 0.25) is 5.91 Å². The molecule has 1 heterocycles. The third-order valence-electron chi connectivity index (χ3n) is 3.28. The van der Waals surface area contributed by atoms with Crippen LogP contribution in [0.1, 0.15) is 44.4 Å². The van der Waals surface area contributed by atoms with Crippen molar-refractivity contribution in [2.24, 2.45) is 0 Å². The van der Waals surface area contributed by atoms with E-state index in [1.165, 1.54) is 5.56 Å². The van der Waals surface area contributed by atoms with Crippen molar-refractivity contribution in [3.8, 4) is 0 Å². The van der Waals surface area contributed by atoms with E-state index in [4.69, 9.17) is 0 Å². The van der Waals surface area contributed by atoms with Crippen LogP contribution in [0.15, 0.2) is 30.3 Å². The summed E-state index contributed by atoms with van der Waals surface area (Å²) in [5.74, 6) is 0.0783. The molecule has 1 saturated heterocycles. The average Bonchev–Trinajstić information content (AvgIpc) is 2.27. The van der Waals surface area contributed by atoms with Crippen molar-refractivity contribution in [2.45, 2.75) is 49.7 Å². The van der Waals surface area contributed by atoms with Crippen molar-refractivity contribution < 1.29 is 4.79 Å². The zero-order chi connectivity index (χ0) is 13.2. The second-order valence-corrected chi connectivity index (χ2v) is 7.52. The highest BCUT2D eigenvalue weighted by Crippen LogP contribution is 2.48. The molecular formula is C15H21NOS. The highest BCUT2D eigenvalue weighted by atomic mass is 32.2. The Kier molecular flexibility index (Phi) is 4.00. The first-order valence-electron chi connectivity index (χ1n) is 6.46. The van der Waals surface area contributed by atoms with E-state index in [0.29, 0.717) is 11.3 Å². The second-order valence-electron chi connectivity index (χ2n) is 5.61. The minimum Gasteiger partial charge on any atom is -0.354 e. The van der Waals surface area contributed by atoms with Crippen molar-refractivity contribution in [1.29, 1.82) is 0 Å². The number of hydrogen-bond donors (Lipinski definition) is 1. The van der Waals surface area contributed by atoms with Crippen LogP contribution in [0.25, 0.3) is 0 Å². The van der Waals surface area contributed by atoms with Crippen LogP contribution < -0.4 is 5.32 Å². The lowest BCUT2D eigenvalue weighted by Crippen LogP contribution is -2.42. The fourth-order valence-corrected chi connectivity index (χ4v) is 4.38. The fraction of sp³-hybridized carbons (Fsp3) is 0.533. The number of carbonyl (C=O) groups is 1. The molecule has 1 aliphatic rings. The molecule has 1 N–H and O–H groups in total. The first kappa shape index (κ1) is 13.5. The zero-order valence-corrected chi connectivity index (χ0v) is 12.1. The average molecular weight is 263 g/mol. The second kappa shape index (κ2) is 5.35. The van der Waals surface area contributed by atoms with Gasteiger partial charge in [-0.05, 0) is 18.4 Å². The van der Waals surface area contributed by atoms with Crippen molar-refractivity contribution >= 4 is 17.7 Å². The van der Waals surface area contributed by atoms with E-state index < -0.39 is 0 Å². The number of nitrogens with one attached hydrogen (secondary N) is 1. The molecule has 2 atom stereocenters. The molecule has 0 bridgehead atoms. The molecule has 0 aliphatic carbocycles. The summed E-state index contributed by atoms with van der Waals surface area (Å²) in [4.78, 5) is 11.2. The maximum atomic E-state index is 11.2. The lowest BCUT2D eigenvalue weighted by atomic mass is 9.95. The van der Waals surface area contributed by atoms with Gasteiger partial charge in [0, 0.05) is 23.0 Å². The van der Waals surface area contributed by atoms with Gasteiger partial charge in [-0.15, -0.1) is 11.8 Å². The quantitative estimate of drug-likeness (QED) is 0.884. The smallest absolute Gasteiger partial charge is 0.217 e. The molecule has 1 aromatic rings. The Balaban J connectivity index is 2.14. The zero-order valence-electron chi connectivity index (χ0n) is 11.3. The maximum absolute atomic E-state index is 11.2. The van der Waals surface area contributed by atoms with Crippen molar-refractivity contribution in [1.82, 2.24) is 5.32 Å². The lowest BCUT2D eigenvalue weighted by Gasteiger charge is -2.40. The first-order valence-corrected chi connectivity index (χ1v) is 7.34.